The van der Waals surface area contributed by atoms with E-state index >= 15 is 0 Å². The Morgan fingerprint density at radius 3 is 2.77 bits per heavy atom. The lowest BCUT2D eigenvalue weighted by Crippen LogP contribution is -2.14. The highest BCUT2D eigenvalue weighted by molar-refractivity contribution is 5.79. The predicted octanol–water partition coefficient (Wildman–Crippen LogP) is 2.51. The number of rotatable bonds is 4. The number of fused-ring (bicyclic) bond motifs is 1. The van der Waals surface area contributed by atoms with Gasteiger partial charge < -0.3 is 9.47 Å². The van der Waals surface area contributed by atoms with E-state index < -0.39 is 0 Å². The van der Waals surface area contributed by atoms with Crippen LogP contribution in [-0.4, -0.2) is 32.9 Å². The Hall–Kier alpha value is -2.76. The van der Waals surface area contributed by atoms with Crippen LogP contribution < -0.4 is 4.90 Å². The Labute approximate surface area is 128 Å². The molecule has 0 aromatic carbocycles. The number of nitrogens with zero attached hydrogens (tertiary/aromatic N) is 5. The molecule has 0 fully saturated rings. The zero-order chi connectivity index (χ0) is 15.7. The van der Waals surface area contributed by atoms with Crippen LogP contribution in [-0.2, 0) is 13.5 Å². The molecule has 0 spiro atoms. The average Bonchev–Trinajstić information content (AvgIpc) is 2.94. The van der Waals surface area contributed by atoms with Gasteiger partial charge in [0.1, 0.15) is 17.0 Å². The van der Waals surface area contributed by atoms with Crippen molar-refractivity contribution in [3.8, 4) is 0 Å². The first kappa shape index (κ1) is 14.2. The van der Waals surface area contributed by atoms with Crippen LogP contribution in [0.1, 0.15) is 23.0 Å². The summed E-state index contributed by atoms with van der Waals surface area (Å²) in [7, 11) is 3.90. The Kier molecular flexibility index (Phi) is 3.58. The third-order valence-corrected chi connectivity index (χ3v) is 3.79. The fourth-order valence-corrected chi connectivity index (χ4v) is 2.48. The van der Waals surface area contributed by atoms with Gasteiger partial charge in [0.2, 0.25) is 0 Å². The minimum absolute atomic E-state index is 0.448. The maximum atomic E-state index is 10.9. The van der Waals surface area contributed by atoms with Gasteiger partial charge in [-0.1, -0.05) is 6.92 Å². The number of hydrogen-bond acceptors (Lipinski definition) is 5. The molecule has 0 aliphatic rings. The molecule has 6 heteroatoms. The summed E-state index contributed by atoms with van der Waals surface area (Å²) < 4.78 is 1.96. The van der Waals surface area contributed by atoms with Crippen molar-refractivity contribution in [1.29, 1.82) is 0 Å². The molecule has 6 nitrogen and oxygen atoms in total. The number of hydrogen-bond donors (Lipinski definition) is 0. The lowest BCUT2D eigenvalue weighted by molar-refractivity contribution is 0.111. The molecule has 0 saturated heterocycles. The number of aryl methyl sites for hydroxylation is 2. The van der Waals surface area contributed by atoms with E-state index in [0.717, 1.165) is 40.8 Å². The first-order valence-electron chi connectivity index (χ1n) is 7.09. The smallest absolute Gasteiger partial charge is 0.168 e. The highest BCUT2D eigenvalue weighted by Crippen LogP contribution is 2.27. The molecule has 3 aromatic rings. The number of imidazole rings is 1. The van der Waals surface area contributed by atoms with Crippen molar-refractivity contribution in [3.63, 3.8) is 0 Å². The standard InChI is InChI=1S/C16H17N5O/c1-4-11-5-12(9-22)17-8-15(11)21(3)16-6-14-13(7-18-16)19-10-20(14)2/h5-10H,4H2,1-3H3. The van der Waals surface area contributed by atoms with Gasteiger partial charge in [-0.25, -0.2) is 9.97 Å². The van der Waals surface area contributed by atoms with Crippen LogP contribution >= 0.6 is 0 Å². The minimum atomic E-state index is 0.448. The second-order valence-electron chi connectivity index (χ2n) is 5.15. The number of aldehydes is 1. The summed E-state index contributed by atoms with van der Waals surface area (Å²) in [4.78, 5) is 25.8. The van der Waals surface area contributed by atoms with Crippen LogP contribution in [0, 0.1) is 0 Å². The largest absolute Gasteiger partial charge is 0.334 e. The van der Waals surface area contributed by atoms with Crippen LogP contribution in [0.4, 0.5) is 11.5 Å². The van der Waals surface area contributed by atoms with Gasteiger partial charge in [-0.15, -0.1) is 0 Å². The summed E-state index contributed by atoms with van der Waals surface area (Å²) in [5, 5.41) is 0. The van der Waals surface area contributed by atoms with Crippen LogP contribution in [0.2, 0.25) is 0 Å². The van der Waals surface area contributed by atoms with Crippen molar-refractivity contribution in [2.75, 3.05) is 11.9 Å². The number of carbonyl (C=O) groups excluding carboxylic acids is 1. The zero-order valence-electron chi connectivity index (χ0n) is 12.8. The molecule has 22 heavy (non-hydrogen) atoms. The average molecular weight is 295 g/mol. The summed E-state index contributed by atoms with van der Waals surface area (Å²) in [6, 6.07) is 3.82. The van der Waals surface area contributed by atoms with Gasteiger partial charge in [-0.05, 0) is 18.1 Å². The van der Waals surface area contributed by atoms with Crippen molar-refractivity contribution >= 4 is 28.8 Å². The van der Waals surface area contributed by atoms with Crippen molar-refractivity contribution < 1.29 is 4.79 Å². The van der Waals surface area contributed by atoms with E-state index in [9.17, 15) is 4.79 Å². The fraction of sp³-hybridized carbons (Fsp3) is 0.250. The van der Waals surface area contributed by atoms with Crippen LogP contribution in [0.25, 0.3) is 11.0 Å². The van der Waals surface area contributed by atoms with E-state index in [0.29, 0.717) is 5.69 Å². The zero-order valence-corrected chi connectivity index (χ0v) is 12.8. The normalized spacial score (nSPS) is 10.9. The molecule has 0 N–H and O–H groups in total. The summed E-state index contributed by atoms with van der Waals surface area (Å²) in [6.45, 7) is 2.05. The van der Waals surface area contributed by atoms with E-state index in [4.69, 9.17) is 0 Å². The third-order valence-electron chi connectivity index (χ3n) is 3.79. The Morgan fingerprint density at radius 1 is 1.23 bits per heavy atom. The molecule has 112 valence electrons. The Balaban J connectivity index is 2.06. The highest BCUT2D eigenvalue weighted by atomic mass is 16.1. The second-order valence-corrected chi connectivity index (χ2v) is 5.15. The van der Waals surface area contributed by atoms with Gasteiger partial charge in [-0.3, -0.25) is 9.78 Å². The molecule has 3 aromatic heterocycles. The molecule has 0 radical (unpaired) electrons. The number of anilines is 2. The van der Waals surface area contributed by atoms with Crippen LogP contribution in [0.3, 0.4) is 0 Å². The van der Waals surface area contributed by atoms with E-state index in [1.807, 2.05) is 35.7 Å². The van der Waals surface area contributed by atoms with Gasteiger partial charge in [0.15, 0.2) is 6.29 Å². The Morgan fingerprint density at radius 2 is 2.05 bits per heavy atom. The first-order valence-corrected chi connectivity index (χ1v) is 7.09. The van der Waals surface area contributed by atoms with Gasteiger partial charge >= 0.3 is 0 Å². The number of aromatic nitrogens is 4. The van der Waals surface area contributed by atoms with Gasteiger partial charge in [0.05, 0.1) is 29.9 Å². The number of pyridine rings is 2. The summed E-state index contributed by atoms with van der Waals surface area (Å²) in [5.74, 6) is 0.812. The van der Waals surface area contributed by atoms with Gasteiger partial charge in [0, 0.05) is 20.2 Å². The molecule has 0 amide bonds. The molecule has 0 unspecified atom stereocenters. The summed E-state index contributed by atoms with van der Waals surface area (Å²) in [6.07, 6.45) is 6.84. The third kappa shape index (κ3) is 2.32. The van der Waals surface area contributed by atoms with Crippen molar-refractivity contribution in [1.82, 2.24) is 19.5 Å². The van der Waals surface area contributed by atoms with Crippen molar-refractivity contribution in [2.24, 2.45) is 7.05 Å². The van der Waals surface area contributed by atoms with Crippen molar-refractivity contribution in [2.45, 2.75) is 13.3 Å². The lowest BCUT2D eigenvalue weighted by atomic mass is 10.1. The monoisotopic (exact) mass is 295 g/mol. The quantitative estimate of drug-likeness (QED) is 0.692. The van der Waals surface area contributed by atoms with Crippen LogP contribution in [0.15, 0.2) is 30.9 Å². The molecule has 0 saturated carbocycles. The summed E-state index contributed by atoms with van der Waals surface area (Å²) >= 11 is 0. The fourth-order valence-electron chi connectivity index (χ4n) is 2.48. The second kappa shape index (κ2) is 5.55. The molecule has 0 atom stereocenters. The minimum Gasteiger partial charge on any atom is -0.334 e. The topological polar surface area (TPSA) is 63.9 Å². The SMILES string of the molecule is CCc1cc(C=O)ncc1N(C)c1cc2c(cn1)ncn2C. The van der Waals surface area contributed by atoms with E-state index in [2.05, 4.69) is 21.9 Å². The maximum Gasteiger partial charge on any atom is 0.168 e. The van der Waals surface area contributed by atoms with Crippen LogP contribution in [0.5, 0.6) is 0 Å². The molecule has 0 aliphatic heterocycles. The van der Waals surface area contributed by atoms with E-state index in [1.165, 1.54) is 0 Å². The highest BCUT2D eigenvalue weighted by Gasteiger charge is 2.12. The molecule has 3 rings (SSSR count). The van der Waals surface area contributed by atoms with E-state index in [1.54, 1.807) is 18.7 Å². The van der Waals surface area contributed by atoms with Gasteiger partial charge in [-0.2, -0.15) is 0 Å². The van der Waals surface area contributed by atoms with Crippen molar-refractivity contribution in [3.05, 3.63) is 42.1 Å². The Bertz CT molecular complexity index is 840. The van der Waals surface area contributed by atoms with Gasteiger partial charge in [0.25, 0.3) is 0 Å². The molecular formula is C16H17N5O. The predicted molar refractivity (Wildman–Crippen MR) is 85.6 cm³/mol. The molecule has 3 heterocycles. The molecule has 0 bridgehead atoms. The molecular weight excluding hydrogens is 278 g/mol. The lowest BCUT2D eigenvalue weighted by Gasteiger charge is -2.21. The number of carbonyl (C=O) groups is 1. The maximum absolute atomic E-state index is 10.9. The first-order chi connectivity index (χ1) is 10.6. The summed E-state index contributed by atoms with van der Waals surface area (Å²) in [5.41, 5.74) is 4.34. The van der Waals surface area contributed by atoms with E-state index in [-0.39, 0.29) is 0 Å². The molecule has 0 aliphatic carbocycles.